The van der Waals surface area contributed by atoms with Crippen molar-refractivity contribution in [2.75, 3.05) is 0 Å². The topological polar surface area (TPSA) is 52.6 Å². The van der Waals surface area contributed by atoms with Crippen LogP contribution in [0.2, 0.25) is 5.02 Å². The van der Waals surface area contributed by atoms with E-state index in [1.54, 1.807) is 12.1 Å². The van der Waals surface area contributed by atoms with Crippen LogP contribution in [0.4, 0.5) is 13.2 Å². The average Bonchev–Trinajstić information content (AvgIpc) is 2.45. The zero-order valence-corrected chi connectivity index (χ0v) is 12.8. The highest BCUT2D eigenvalue weighted by Gasteiger charge is 2.48. The molecule has 122 valence electrons. The largest absolute Gasteiger partial charge is 0.534 e. The number of hydrogen-bond donors (Lipinski definition) is 0. The van der Waals surface area contributed by atoms with Gasteiger partial charge in [0.05, 0.1) is 5.02 Å². The van der Waals surface area contributed by atoms with Gasteiger partial charge in [0.2, 0.25) is 0 Å². The van der Waals surface area contributed by atoms with Crippen LogP contribution in [0.5, 0.6) is 11.5 Å². The van der Waals surface area contributed by atoms with Gasteiger partial charge < -0.3 is 8.92 Å². The molecule has 1 aliphatic heterocycles. The number of hydrogen-bond acceptors (Lipinski definition) is 4. The number of alkyl halides is 3. The van der Waals surface area contributed by atoms with Gasteiger partial charge in [-0.05, 0) is 11.1 Å². The predicted molar refractivity (Wildman–Crippen MR) is 76.8 cm³/mol. The Labute approximate surface area is 134 Å². The number of rotatable bonds is 2. The predicted octanol–water partition coefficient (Wildman–Crippen LogP) is 4.13. The Morgan fingerprint density at radius 2 is 1.87 bits per heavy atom. The molecule has 0 saturated heterocycles. The Bertz CT molecular complexity index is 878. The Morgan fingerprint density at radius 3 is 2.57 bits per heavy atom. The van der Waals surface area contributed by atoms with Gasteiger partial charge in [-0.1, -0.05) is 35.9 Å². The zero-order chi connectivity index (χ0) is 16.8. The van der Waals surface area contributed by atoms with Gasteiger partial charge in [0.1, 0.15) is 18.1 Å². The molecule has 0 radical (unpaired) electrons. The first-order chi connectivity index (χ1) is 10.7. The molecule has 1 aliphatic rings. The zero-order valence-electron chi connectivity index (χ0n) is 11.2. The molecule has 2 aromatic carbocycles. The van der Waals surface area contributed by atoms with Crippen molar-refractivity contribution in [1.82, 2.24) is 0 Å². The summed E-state index contributed by atoms with van der Waals surface area (Å²) >= 11 is 6.08. The first kappa shape index (κ1) is 15.9. The summed E-state index contributed by atoms with van der Waals surface area (Å²) in [6.45, 7) is 0.189. The van der Waals surface area contributed by atoms with Crippen molar-refractivity contribution in [2.45, 2.75) is 12.1 Å². The van der Waals surface area contributed by atoms with Crippen molar-refractivity contribution in [3.05, 3.63) is 47.0 Å². The average molecular weight is 365 g/mol. The van der Waals surface area contributed by atoms with Crippen molar-refractivity contribution in [3.8, 4) is 22.6 Å². The van der Waals surface area contributed by atoms with Crippen molar-refractivity contribution in [1.29, 1.82) is 0 Å². The minimum absolute atomic E-state index is 0.0297. The van der Waals surface area contributed by atoms with Crippen molar-refractivity contribution >= 4 is 21.7 Å². The summed E-state index contributed by atoms with van der Waals surface area (Å²) in [5, 5.41) is 0.0297. The maximum absolute atomic E-state index is 12.4. The number of ether oxygens (including phenoxy) is 1. The second-order valence-corrected chi connectivity index (χ2v) is 6.65. The van der Waals surface area contributed by atoms with Gasteiger partial charge in [0, 0.05) is 17.7 Å². The lowest BCUT2D eigenvalue weighted by atomic mass is 9.97. The Balaban J connectivity index is 2.06. The normalized spacial score (nSPS) is 13.7. The fourth-order valence-corrected chi connectivity index (χ4v) is 2.95. The van der Waals surface area contributed by atoms with E-state index in [9.17, 15) is 21.6 Å². The Hall–Kier alpha value is -1.93. The highest BCUT2D eigenvalue weighted by molar-refractivity contribution is 7.88. The van der Waals surface area contributed by atoms with Crippen molar-refractivity contribution in [3.63, 3.8) is 0 Å². The van der Waals surface area contributed by atoms with Gasteiger partial charge in [0.15, 0.2) is 0 Å². The minimum Gasteiger partial charge on any atom is -0.488 e. The lowest BCUT2D eigenvalue weighted by Gasteiger charge is -2.22. The molecule has 0 spiro atoms. The molecule has 0 amide bonds. The number of fused-ring (bicyclic) bond motifs is 3. The summed E-state index contributed by atoms with van der Waals surface area (Å²) in [5.41, 5.74) is -3.42. The second kappa shape index (κ2) is 5.31. The van der Waals surface area contributed by atoms with E-state index >= 15 is 0 Å². The van der Waals surface area contributed by atoms with Crippen LogP contribution in [0.3, 0.4) is 0 Å². The van der Waals surface area contributed by atoms with E-state index in [-0.39, 0.29) is 17.4 Å². The van der Waals surface area contributed by atoms with E-state index in [0.29, 0.717) is 5.56 Å². The first-order valence-corrected chi connectivity index (χ1v) is 8.03. The summed E-state index contributed by atoms with van der Waals surface area (Å²) in [7, 11) is -5.77. The van der Waals surface area contributed by atoms with Gasteiger partial charge in [0.25, 0.3) is 0 Å². The van der Waals surface area contributed by atoms with Crippen LogP contribution in [-0.4, -0.2) is 13.9 Å². The van der Waals surface area contributed by atoms with Crippen LogP contribution in [0, 0.1) is 0 Å². The van der Waals surface area contributed by atoms with E-state index in [4.69, 9.17) is 16.3 Å². The van der Waals surface area contributed by atoms with Gasteiger partial charge in [-0.2, -0.15) is 21.6 Å². The molecule has 1 heterocycles. The van der Waals surface area contributed by atoms with Crippen molar-refractivity contribution in [2.24, 2.45) is 0 Å². The molecule has 0 N–H and O–H groups in total. The molecule has 9 heteroatoms. The fraction of sp³-hybridized carbons (Fsp3) is 0.143. The lowest BCUT2D eigenvalue weighted by Crippen LogP contribution is -2.28. The highest BCUT2D eigenvalue weighted by atomic mass is 35.5. The van der Waals surface area contributed by atoms with E-state index < -0.39 is 21.4 Å². The quantitative estimate of drug-likeness (QED) is 0.594. The molecule has 2 aromatic rings. The highest BCUT2D eigenvalue weighted by Crippen LogP contribution is 2.45. The number of halogens is 4. The molecule has 0 unspecified atom stereocenters. The van der Waals surface area contributed by atoms with E-state index in [1.165, 1.54) is 0 Å². The maximum atomic E-state index is 12.4. The van der Waals surface area contributed by atoms with Crippen LogP contribution < -0.4 is 8.92 Å². The van der Waals surface area contributed by atoms with Crippen LogP contribution in [0.15, 0.2) is 36.4 Å². The molecular formula is C14H8ClF3O4S. The second-order valence-electron chi connectivity index (χ2n) is 4.71. The Morgan fingerprint density at radius 1 is 1.17 bits per heavy atom. The summed E-state index contributed by atoms with van der Waals surface area (Å²) in [6, 6.07) is 9.29. The molecule has 0 aromatic heterocycles. The fourth-order valence-electron chi connectivity index (χ4n) is 2.20. The van der Waals surface area contributed by atoms with Gasteiger partial charge in [-0.3, -0.25) is 0 Å². The molecular weight excluding hydrogens is 357 g/mol. The van der Waals surface area contributed by atoms with Crippen LogP contribution in [0.25, 0.3) is 11.1 Å². The molecule has 4 nitrogen and oxygen atoms in total. The van der Waals surface area contributed by atoms with Crippen LogP contribution in [0.1, 0.15) is 5.56 Å². The van der Waals surface area contributed by atoms with E-state index in [1.807, 2.05) is 12.1 Å². The molecule has 23 heavy (non-hydrogen) atoms. The SMILES string of the molecule is O=S(=O)(Oc1cc(Cl)c2c(c1)OCc1ccccc1-2)C(F)(F)F. The lowest BCUT2D eigenvalue weighted by molar-refractivity contribution is -0.0500. The standard InChI is InChI=1S/C14H8ClF3O4S/c15-11-5-9(22-23(19,20)14(16,17)18)6-12-13(11)10-4-2-1-3-8(10)7-21-12/h1-6H,7H2. The van der Waals surface area contributed by atoms with Crippen molar-refractivity contribution < 1.29 is 30.5 Å². The summed E-state index contributed by atoms with van der Waals surface area (Å²) < 4.78 is 68.8. The maximum Gasteiger partial charge on any atom is 0.534 e. The molecule has 0 saturated carbocycles. The molecule has 0 fully saturated rings. The monoisotopic (exact) mass is 364 g/mol. The molecule has 3 rings (SSSR count). The molecule has 0 aliphatic carbocycles. The van der Waals surface area contributed by atoms with Gasteiger partial charge in [-0.15, -0.1) is 0 Å². The smallest absolute Gasteiger partial charge is 0.488 e. The minimum atomic E-state index is -5.77. The third-order valence-corrected chi connectivity index (χ3v) is 4.46. The van der Waals surface area contributed by atoms with E-state index in [0.717, 1.165) is 23.3 Å². The van der Waals surface area contributed by atoms with E-state index in [2.05, 4.69) is 4.18 Å². The van der Waals surface area contributed by atoms with Crippen LogP contribution >= 0.6 is 11.6 Å². The molecule has 0 atom stereocenters. The third-order valence-electron chi connectivity index (χ3n) is 3.19. The van der Waals surface area contributed by atoms with Gasteiger partial charge >= 0.3 is 15.6 Å². The summed E-state index contributed by atoms with van der Waals surface area (Å²) in [5.74, 6) is -0.408. The third kappa shape index (κ3) is 2.84. The van der Waals surface area contributed by atoms with Crippen LogP contribution in [-0.2, 0) is 16.7 Å². The molecule has 0 bridgehead atoms. The first-order valence-electron chi connectivity index (χ1n) is 6.24. The Kier molecular flexibility index (Phi) is 3.68. The van der Waals surface area contributed by atoms with Gasteiger partial charge in [-0.25, -0.2) is 0 Å². The summed E-state index contributed by atoms with van der Waals surface area (Å²) in [4.78, 5) is 0. The summed E-state index contributed by atoms with van der Waals surface area (Å²) in [6.07, 6.45) is 0. The number of benzene rings is 2.